The highest BCUT2D eigenvalue weighted by atomic mass is 32.2. The van der Waals surface area contributed by atoms with Crippen LogP contribution in [0.1, 0.15) is 12.8 Å². The zero-order valence-corrected chi connectivity index (χ0v) is 14.4. The maximum Gasteiger partial charge on any atom is 0.312 e. The first-order valence-electron chi connectivity index (χ1n) is 7.25. The normalized spacial score (nSPS) is 18.4. The van der Waals surface area contributed by atoms with Crippen LogP contribution in [0.15, 0.2) is 23.1 Å². The lowest BCUT2D eigenvalue weighted by molar-refractivity contribution is -0.386. The summed E-state index contributed by atoms with van der Waals surface area (Å²) in [5.74, 6) is -0.333. The summed E-state index contributed by atoms with van der Waals surface area (Å²) in [7, 11) is 0.363. The average Bonchev–Trinajstić information content (AvgIpc) is 3.03. The molecular formula is C14H19N3O6S. The van der Waals surface area contributed by atoms with E-state index in [2.05, 4.69) is 0 Å². The lowest BCUT2D eigenvalue weighted by Gasteiger charge is -2.25. The van der Waals surface area contributed by atoms with E-state index >= 15 is 0 Å². The molecule has 2 rings (SSSR count). The van der Waals surface area contributed by atoms with Gasteiger partial charge in [0.15, 0.2) is 5.75 Å². The summed E-state index contributed by atoms with van der Waals surface area (Å²) in [6.45, 7) is 0.201. The van der Waals surface area contributed by atoms with Gasteiger partial charge in [0.2, 0.25) is 15.9 Å². The molecule has 0 bridgehead atoms. The molecule has 1 unspecified atom stereocenters. The molecule has 1 aliphatic heterocycles. The van der Waals surface area contributed by atoms with Crippen molar-refractivity contribution in [2.24, 2.45) is 0 Å². The number of nitro groups is 1. The Kier molecular flexibility index (Phi) is 5.09. The summed E-state index contributed by atoms with van der Waals surface area (Å²) in [4.78, 5) is 23.7. The van der Waals surface area contributed by atoms with Gasteiger partial charge in [0, 0.05) is 26.7 Å². The van der Waals surface area contributed by atoms with E-state index in [9.17, 15) is 23.3 Å². The second-order valence-electron chi connectivity index (χ2n) is 5.60. The van der Waals surface area contributed by atoms with Gasteiger partial charge in [0.25, 0.3) is 0 Å². The molecule has 0 aliphatic carbocycles. The summed E-state index contributed by atoms with van der Waals surface area (Å²) in [6.07, 6.45) is 0.982. The fourth-order valence-electron chi connectivity index (χ4n) is 2.68. The summed E-state index contributed by atoms with van der Waals surface area (Å²) in [5, 5.41) is 11.1. The van der Waals surface area contributed by atoms with Gasteiger partial charge in [-0.2, -0.15) is 4.31 Å². The molecule has 1 aromatic carbocycles. The van der Waals surface area contributed by atoms with Crippen molar-refractivity contribution in [2.45, 2.75) is 23.8 Å². The van der Waals surface area contributed by atoms with Crippen LogP contribution in [-0.4, -0.2) is 62.2 Å². The quantitative estimate of drug-likeness (QED) is 0.570. The molecule has 0 spiro atoms. The highest BCUT2D eigenvalue weighted by molar-refractivity contribution is 7.89. The first-order chi connectivity index (χ1) is 11.2. The van der Waals surface area contributed by atoms with Gasteiger partial charge in [-0.1, -0.05) is 0 Å². The van der Waals surface area contributed by atoms with E-state index in [1.54, 1.807) is 14.1 Å². The monoisotopic (exact) mass is 357 g/mol. The predicted molar refractivity (Wildman–Crippen MR) is 85.3 cm³/mol. The Hall–Kier alpha value is -2.20. The number of benzene rings is 1. The molecule has 1 fully saturated rings. The Labute approximate surface area is 140 Å². The maximum absolute atomic E-state index is 12.8. The Morgan fingerprint density at radius 3 is 2.62 bits per heavy atom. The fourth-order valence-corrected chi connectivity index (χ4v) is 4.35. The Bertz CT molecular complexity index is 762. The van der Waals surface area contributed by atoms with Gasteiger partial charge < -0.3 is 9.64 Å². The van der Waals surface area contributed by atoms with Crippen LogP contribution in [0.5, 0.6) is 5.75 Å². The SMILES string of the molecule is COc1ccc(S(=O)(=O)N2CCCC2C(=O)N(C)C)cc1[N+](=O)[O-]. The first-order valence-corrected chi connectivity index (χ1v) is 8.69. The Balaban J connectivity index is 2.45. The number of ether oxygens (including phenoxy) is 1. The predicted octanol–water partition coefficient (Wildman–Crippen LogP) is 0.845. The highest BCUT2D eigenvalue weighted by Gasteiger charge is 2.40. The van der Waals surface area contributed by atoms with Crippen LogP contribution >= 0.6 is 0 Å². The minimum atomic E-state index is -4.02. The topological polar surface area (TPSA) is 110 Å². The standard InChI is InChI=1S/C14H19N3O6S/c1-15(2)14(18)11-5-4-8-16(11)24(21,22)10-6-7-13(23-3)12(9-10)17(19)20/h6-7,9,11H,4-5,8H2,1-3H3. The van der Waals surface area contributed by atoms with Crippen LogP contribution < -0.4 is 4.74 Å². The number of likely N-dealkylation sites (N-methyl/N-ethyl adjacent to an activating group) is 1. The molecule has 24 heavy (non-hydrogen) atoms. The first kappa shape index (κ1) is 18.1. The second-order valence-corrected chi connectivity index (χ2v) is 7.49. The van der Waals surface area contributed by atoms with Crippen LogP contribution in [0.2, 0.25) is 0 Å². The van der Waals surface area contributed by atoms with Crippen molar-refractivity contribution in [1.29, 1.82) is 0 Å². The number of carbonyl (C=O) groups excluding carboxylic acids is 1. The van der Waals surface area contributed by atoms with Gasteiger partial charge in [-0.25, -0.2) is 8.42 Å². The third-order valence-corrected chi connectivity index (χ3v) is 5.79. The molecule has 1 aliphatic rings. The zero-order valence-electron chi connectivity index (χ0n) is 13.6. The number of amides is 1. The number of nitrogens with zero attached hydrogens (tertiary/aromatic N) is 3. The highest BCUT2D eigenvalue weighted by Crippen LogP contribution is 2.33. The van der Waals surface area contributed by atoms with E-state index in [4.69, 9.17) is 4.74 Å². The molecule has 132 valence electrons. The van der Waals surface area contributed by atoms with Gasteiger partial charge in [0.1, 0.15) is 6.04 Å². The summed E-state index contributed by atoms with van der Waals surface area (Å²) in [6, 6.07) is 2.66. The van der Waals surface area contributed by atoms with E-state index in [0.717, 1.165) is 10.4 Å². The van der Waals surface area contributed by atoms with E-state index in [0.29, 0.717) is 12.8 Å². The minimum Gasteiger partial charge on any atom is -0.490 e. The Morgan fingerprint density at radius 2 is 2.08 bits per heavy atom. The molecule has 0 aromatic heterocycles. The third kappa shape index (κ3) is 3.20. The van der Waals surface area contributed by atoms with Crippen molar-refractivity contribution in [3.05, 3.63) is 28.3 Å². The van der Waals surface area contributed by atoms with Crippen LogP contribution in [0.25, 0.3) is 0 Å². The molecule has 1 aromatic rings. The summed E-state index contributed by atoms with van der Waals surface area (Å²) >= 11 is 0. The van der Waals surface area contributed by atoms with Gasteiger partial charge in [-0.15, -0.1) is 0 Å². The van der Waals surface area contributed by atoms with Gasteiger partial charge in [0.05, 0.1) is 16.9 Å². The number of hydrogen-bond donors (Lipinski definition) is 0. The minimum absolute atomic E-state index is 0.0266. The molecule has 0 radical (unpaired) electrons. The van der Waals surface area contributed by atoms with E-state index in [1.807, 2.05) is 0 Å². The lowest BCUT2D eigenvalue weighted by atomic mass is 10.2. The van der Waals surface area contributed by atoms with Crippen LogP contribution in [0, 0.1) is 10.1 Å². The molecule has 1 saturated heterocycles. The van der Waals surface area contributed by atoms with Crippen molar-refractivity contribution in [3.63, 3.8) is 0 Å². The second kappa shape index (κ2) is 6.73. The van der Waals surface area contributed by atoms with Gasteiger partial charge in [-0.3, -0.25) is 14.9 Å². The molecule has 1 atom stereocenters. The van der Waals surface area contributed by atoms with E-state index in [1.165, 1.54) is 24.1 Å². The van der Waals surface area contributed by atoms with Crippen molar-refractivity contribution in [3.8, 4) is 5.75 Å². The summed E-state index contributed by atoms with van der Waals surface area (Å²) in [5.41, 5.74) is -0.437. The number of rotatable bonds is 5. The fraction of sp³-hybridized carbons (Fsp3) is 0.500. The average molecular weight is 357 g/mol. The van der Waals surface area contributed by atoms with Crippen molar-refractivity contribution < 1.29 is 22.9 Å². The molecular weight excluding hydrogens is 338 g/mol. The Morgan fingerprint density at radius 1 is 1.42 bits per heavy atom. The van der Waals surface area contributed by atoms with Crippen molar-refractivity contribution in [1.82, 2.24) is 9.21 Å². The molecule has 10 heteroatoms. The zero-order chi connectivity index (χ0) is 18.1. The number of methoxy groups -OCH3 is 1. The number of nitro benzene ring substituents is 1. The lowest BCUT2D eigenvalue weighted by Crippen LogP contribution is -2.45. The molecule has 1 heterocycles. The molecule has 0 saturated carbocycles. The van der Waals surface area contributed by atoms with Crippen LogP contribution in [0.3, 0.4) is 0 Å². The molecule has 0 N–H and O–H groups in total. The van der Waals surface area contributed by atoms with Gasteiger partial charge >= 0.3 is 5.69 Å². The van der Waals surface area contributed by atoms with Crippen LogP contribution in [-0.2, 0) is 14.8 Å². The molecule has 9 nitrogen and oxygen atoms in total. The smallest absolute Gasteiger partial charge is 0.312 e. The summed E-state index contributed by atoms with van der Waals surface area (Å²) < 4.78 is 31.7. The maximum atomic E-state index is 12.8. The van der Waals surface area contributed by atoms with E-state index in [-0.39, 0.29) is 23.1 Å². The van der Waals surface area contributed by atoms with Crippen molar-refractivity contribution >= 4 is 21.6 Å². The number of hydrogen-bond acceptors (Lipinski definition) is 6. The van der Waals surface area contributed by atoms with Gasteiger partial charge in [-0.05, 0) is 25.0 Å². The third-order valence-electron chi connectivity index (χ3n) is 3.88. The largest absolute Gasteiger partial charge is 0.490 e. The molecule has 1 amide bonds. The van der Waals surface area contributed by atoms with Crippen LogP contribution in [0.4, 0.5) is 5.69 Å². The van der Waals surface area contributed by atoms with Crippen molar-refractivity contribution in [2.75, 3.05) is 27.7 Å². The number of sulfonamides is 1. The number of carbonyl (C=O) groups is 1. The van der Waals surface area contributed by atoms with E-state index < -0.39 is 26.7 Å².